The lowest BCUT2D eigenvalue weighted by Gasteiger charge is -1.93. The van der Waals surface area contributed by atoms with Gasteiger partial charge >= 0.3 is 0 Å². The fourth-order valence-electron chi connectivity index (χ4n) is 7.09. The van der Waals surface area contributed by atoms with Crippen LogP contribution in [0.2, 0.25) is 0 Å². The Balaban J connectivity index is 1.77. The molecule has 0 saturated heterocycles. The van der Waals surface area contributed by atoms with Crippen molar-refractivity contribution in [2.75, 3.05) is 0 Å². The highest BCUT2D eigenvalue weighted by Crippen LogP contribution is 2.34. The molecule has 0 saturated carbocycles. The summed E-state index contributed by atoms with van der Waals surface area (Å²) < 4.78 is 0. The minimum Gasteiger partial charge on any atom is -0.353 e. The molecule has 12 bridgehead atoms. The Morgan fingerprint density at radius 3 is 0.591 bits per heavy atom. The van der Waals surface area contributed by atoms with E-state index in [0.29, 0.717) is 0 Å². The third-order valence-electron chi connectivity index (χ3n) is 11.1. The first-order valence-corrected chi connectivity index (χ1v) is 15.7. The summed E-state index contributed by atoms with van der Waals surface area (Å²) in [5.41, 5.74) is 28.9. The normalized spacial score (nSPS) is 12.1. The maximum Gasteiger partial charge on any atom is 0.0660 e. The monoisotopic (exact) mass is 584 g/mol. The van der Waals surface area contributed by atoms with Crippen molar-refractivity contribution in [1.29, 1.82) is 0 Å². The van der Waals surface area contributed by atoms with Crippen LogP contribution in [-0.4, -0.2) is 29.9 Å². The number of aromatic nitrogens is 6. The molecule has 0 aliphatic carbocycles. The van der Waals surface area contributed by atoms with E-state index in [0.717, 1.165) is 66.2 Å². The van der Waals surface area contributed by atoms with Gasteiger partial charge in [0.1, 0.15) is 0 Å². The lowest BCUT2D eigenvalue weighted by atomic mass is 10.1. The van der Waals surface area contributed by atoms with Gasteiger partial charge in [-0.15, -0.1) is 0 Å². The van der Waals surface area contributed by atoms with E-state index >= 15 is 0 Å². The van der Waals surface area contributed by atoms with Crippen LogP contribution in [0.5, 0.6) is 0 Å². The van der Waals surface area contributed by atoms with E-state index in [1.165, 1.54) is 66.8 Å². The van der Waals surface area contributed by atoms with Crippen LogP contribution in [0, 0.1) is 83.1 Å². The van der Waals surface area contributed by atoms with E-state index in [4.69, 9.17) is 0 Å². The zero-order valence-electron chi connectivity index (χ0n) is 28.2. The molecule has 7 aromatic rings. The second kappa shape index (κ2) is 9.46. The molecule has 6 heteroatoms. The first-order chi connectivity index (χ1) is 20.8. The molecule has 0 spiro atoms. The molecule has 0 aliphatic heterocycles. The van der Waals surface area contributed by atoms with Gasteiger partial charge in [0.2, 0.25) is 0 Å². The van der Waals surface area contributed by atoms with Crippen LogP contribution in [0.4, 0.5) is 0 Å². The summed E-state index contributed by atoms with van der Waals surface area (Å²) in [5.74, 6) is 0. The van der Waals surface area contributed by atoms with Crippen LogP contribution in [0.25, 0.3) is 66.2 Å². The van der Waals surface area contributed by atoms with Crippen molar-refractivity contribution in [1.82, 2.24) is 29.9 Å². The third-order valence-corrected chi connectivity index (χ3v) is 11.1. The Morgan fingerprint density at radius 1 is 0.227 bits per heavy atom. The fourth-order valence-corrected chi connectivity index (χ4v) is 7.09. The molecule has 226 valence electrons. The average molecular weight is 585 g/mol. The SMILES string of the molecule is Cc1c(C)c2[nH]c1cc1[nH]c(c(C)c1C)c1[nH]c(c(C)c1C)c1[nH]c(cc3[nH]c(c(C)c3C)c3[nH]c2c(C)c3C)c(C)c1C. The molecular weight excluding hydrogens is 540 g/mol. The van der Waals surface area contributed by atoms with Crippen LogP contribution in [0.1, 0.15) is 66.8 Å². The summed E-state index contributed by atoms with van der Waals surface area (Å²) in [4.78, 5) is 22.9. The number of aryl methyl sites for hydroxylation is 12. The van der Waals surface area contributed by atoms with Gasteiger partial charge in [-0.2, -0.15) is 0 Å². The number of aromatic amines is 6. The summed E-state index contributed by atoms with van der Waals surface area (Å²) in [6.45, 7) is 26.7. The topological polar surface area (TPSA) is 94.7 Å². The maximum atomic E-state index is 3.84. The quantitative estimate of drug-likeness (QED) is 0.102. The maximum absolute atomic E-state index is 3.84. The van der Waals surface area contributed by atoms with Gasteiger partial charge in [-0.05, 0) is 162 Å². The van der Waals surface area contributed by atoms with Gasteiger partial charge < -0.3 is 29.9 Å². The molecule has 0 radical (unpaired) electrons. The van der Waals surface area contributed by atoms with Crippen molar-refractivity contribution in [2.24, 2.45) is 0 Å². The van der Waals surface area contributed by atoms with Crippen molar-refractivity contribution in [2.45, 2.75) is 83.1 Å². The van der Waals surface area contributed by atoms with Crippen molar-refractivity contribution in [3.8, 4) is 0 Å². The second-order valence-electron chi connectivity index (χ2n) is 13.2. The predicted molar refractivity (Wildman–Crippen MR) is 190 cm³/mol. The van der Waals surface area contributed by atoms with Gasteiger partial charge in [0.05, 0.1) is 44.1 Å². The van der Waals surface area contributed by atoms with Gasteiger partial charge in [0.15, 0.2) is 0 Å². The lowest BCUT2D eigenvalue weighted by Crippen LogP contribution is -1.76. The Morgan fingerprint density at radius 2 is 0.386 bits per heavy atom. The number of fused-ring (bicyclic) bond motifs is 16. The van der Waals surface area contributed by atoms with Gasteiger partial charge in [-0.25, -0.2) is 0 Å². The molecule has 0 atom stereocenters. The van der Waals surface area contributed by atoms with Gasteiger partial charge in [0.25, 0.3) is 0 Å². The third kappa shape index (κ3) is 3.73. The van der Waals surface area contributed by atoms with E-state index in [1.54, 1.807) is 0 Å². The molecule has 0 aromatic carbocycles. The number of nitrogens with one attached hydrogen (secondary N) is 6. The molecule has 0 unspecified atom stereocenters. The molecular formula is C38H44N6. The van der Waals surface area contributed by atoms with Gasteiger partial charge in [-0.3, -0.25) is 0 Å². The standard InChI is InChI=1S/C38H44N6/c1-15-19(5)31-35-23(9)24(10)36(43-35)33-21(7)17(3)29(41-33)14-30-18(4)22(8)34(42-30)38-26(12)25(11)37(44-38)32-20(6)16(2)28(40-32)13-27(15)39-31/h13-14,39-44H,1-12H3. The first-order valence-electron chi connectivity index (χ1n) is 15.7. The fraction of sp³-hybridized carbons (Fsp3) is 0.316. The Kier molecular flexibility index (Phi) is 6.06. The molecule has 7 rings (SSSR count). The Labute approximate surface area is 257 Å². The molecule has 6 nitrogen and oxygen atoms in total. The van der Waals surface area contributed by atoms with Crippen molar-refractivity contribution in [3.05, 3.63) is 78.9 Å². The molecule has 44 heavy (non-hydrogen) atoms. The van der Waals surface area contributed by atoms with E-state index in [9.17, 15) is 0 Å². The van der Waals surface area contributed by atoms with Crippen LogP contribution in [0.3, 0.4) is 0 Å². The summed E-state index contributed by atoms with van der Waals surface area (Å²) in [6, 6.07) is 4.55. The zero-order chi connectivity index (χ0) is 31.5. The minimum absolute atomic E-state index is 1.13. The number of hydrogen-bond acceptors (Lipinski definition) is 0. The molecule has 0 amide bonds. The van der Waals surface area contributed by atoms with Crippen molar-refractivity contribution < 1.29 is 0 Å². The second-order valence-corrected chi connectivity index (χ2v) is 13.2. The van der Waals surface area contributed by atoms with E-state index in [2.05, 4.69) is 125 Å². The van der Waals surface area contributed by atoms with E-state index in [-0.39, 0.29) is 0 Å². The smallest absolute Gasteiger partial charge is 0.0660 e. The van der Waals surface area contributed by atoms with Gasteiger partial charge in [-0.1, -0.05) is 0 Å². The zero-order valence-corrected chi connectivity index (χ0v) is 28.2. The highest BCUT2D eigenvalue weighted by Gasteiger charge is 2.16. The number of rotatable bonds is 0. The average Bonchev–Trinajstić information content (AvgIpc) is 3.77. The summed E-state index contributed by atoms with van der Waals surface area (Å²) in [7, 11) is 0. The van der Waals surface area contributed by atoms with E-state index in [1.807, 2.05) is 0 Å². The Bertz CT molecular complexity index is 2160. The molecule has 7 heterocycles. The first kappa shape index (κ1) is 28.2. The minimum atomic E-state index is 1.13. The number of hydrogen-bond donors (Lipinski definition) is 6. The van der Waals surface area contributed by atoms with Gasteiger partial charge in [0, 0.05) is 22.1 Å². The summed E-state index contributed by atoms with van der Waals surface area (Å²) >= 11 is 0. The highest BCUT2D eigenvalue weighted by atomic mass is 14.8. The van der Waals surface area contributed by atoms with Crippen LogP contribution < -0.4 is 0 Å². The van der Waals surface area contributed by atoms with Crippen molar-refractivity contribution >= 4 is 66.2 Å². The highest BCUT2D eigenvalue weighted by molar-refractivity contribution is 5.98. The predicted octanol–water partition coefficient (Wildman–Crippen LogP) is 10.5. The molecule has 0 fully saturated rings. The van der Waals surface area contributed by atoms with Crippen LogP contribution in [-0.2, 0) is 0 Å². The lowest BCUT2D eigenvalue weighted by molar-refractivity contribution is 1.42. The molecule has 7 aromatic heterocycles. The Hall–Kier alpha value is -4.58. The van der Waals surface area contributed by atoms with Crippen molar-refractivity contribution in [3.63, 3.8) is 0 Å². The van der Waals surface area contributed by atoms with Crippen LogP contribution in [0.15, 0.2) is 12.1 Å². The largest absolute Gasteiger partial charge is 0.353 e. The molecule has 6 N–H and O–H groups in total. The summed E-state index contributed by atoms with van der Waals surface area (Å²) in [6.07, 6.45) is 0. The molecule has 0 aliphatic rings. The number of H-pyrrole nitrogens is 6. The summed E-state index contributed by atoms with van der Waals surface area (Å²) in [5, 5.41) is 0. The van der Waals surface area contributed by atoms with Crippen LogP contribution >= 0.6 is 0 Å². The van der Waals surface area contributed by atoms with E-state index < -0.39 is 0 Å².